The summed E-state index contributed by atoms with van der Waals surface area (Å²) in [6.45, 7) is 1.84. The molecule has 0 spiro atoms. The zero-order valence-corrected chi connectivity index (χ0v) is 17.8. The standard InChI is InChI=1S/C24H18F2N6O2/c1-14-4-5-15(22(33)31-32-23(34)17-9-18(25)12-19(26)10-17)11-21(14)30-24-28-8-6-20(29-24)16-3-2-7-27-13-16/h2-13H,1H3,(H,31,33)(H,32,34)(H,28,29,30). The molecular weight excluding hydrogens is 442 g/mol. The molecule has 2 aromatic heterocycles. The molecule has 0 saturated heterocycles. The minimum Gasteiger partial charge on any atom is -0.324 e. The number of carbonyl (C=O) groups excluding carboxylic acids is 2. The molecule has 0 radical (unpaired) electrons. The van der Waals surface area contributed by atoms with Gasteiger partial charge in [-0.3, -0.25) is 25.4 Å². The van der Waals surface area contributed by atoms with Gasteiger partial charge in [-0.1, -0.05) is 6.07 Å². The van der Waals surface area contributed by atoms with Crippen molar-refractivity contribution in [2.24, 2.45) is 0 Å². The van der Waals surface area contributed by atoms with Gasteiger partial charge in [-0.05, 0) is 55.0 Å². The highest BCUT2D eigenvalue weighted by Gasteiger charge is 2.13. The van der Waals surface area contributed by atoms with Crippen LogP contribution in [0.4, 0.5) is 20.4 Å². The predicted octanol–water partition coefficient (Wildman–Crippen LogP) is 3.94. The Morgan fingerprint density at radius 2 is 1.59 bits per heavy atom. The number of hydrogen-bond donors (Lipinski definition) is 3. The van der Waals surface area contributed by atoms with Gasteiger partial charge in [-0.25, -0.2) is 18.7 Å². The fraction of sp³-hybridized carbons (Fsp3) is 0.0417. The number of hydrazine groups is 1. The second-order valence-corrected chi connectivity index (χ2v) is 7.23. The molecule has 34 heavy (non-hydrogen) atoms. The van der Waals surface area contributed by atoms with E-state index in [1.807, 2.05) is 13.0 Å². The monoisotopic (exact) mass is 460 g/mol. The van der Waals surface area contributed by atoms with Crippen LogP contribution in [0.3, 0.4) is 0 Å². The third-order valence-electron chi connectivity index (χ3n) is 4.77. The fourth-order valence-electron chi connectivity index (χ4n) is 3.06. The zero-order chi connectivity index (χ0) is 24.1. The highest BCUT2D eigenvalue weighted by Crippen LogP contribution is 2.22. The Morgan fingerprint density at radius 3 is 2.29 bits per heavy atom. The van der Waals surface area contributed by atoms with Crippen LogP contribution in [0.2, 0.25) is 0 Å². The summed E-state index contributed by atoms with van der Waals surface area (Å²) in [5.74, 6) is -2.97. The van der Waals surface area contributed by atoms with Crippen LogP contribution in [0.25, 0.3) is 11.3 Å². The summed E-state index contributed by atoms with van der Waals surface area (Å²) in [6, 6.07) is 12.7. The first-order valence-corrected chi connectivity index (χ1v) is 10.1. The molecule has 0 bridgehead atoms. The van der Waals surface area contributed by atoms with E-state index in [2.05, 4.69) is 31.1 Å². The van der Waals surface area contributed by atoms with Crippen LogP contribution in [0.15, 0.2) is 73.2 Å². The predicted molar refractivity (Wildman–Crippen MR) is 121 cm³/mol. The quantitative estimate of drug-likeness (QED) is 0.389. The maximum absolute atomic E-state index is 13.3. The molecule has 0 saturated carbocycles. The van der Waals surface area contributed by atoms with E-state index >= 15 is 0 Å². The summed E-state index contributed by atoms with van der Waals surface area (Å²) in [5.41, 5.74) is 7.23. The Morgan fingerprint density at radius 1 is 0.853 bits per heavy atom. The molecule has 0 unspecified atom stereocenters. The van der Waals surface area contributed by atoms with E-state index in [1.54, 1.807) is 48.9 Å². The van der Waals surface area contributed by atoms with Crippen molar-refractivity contribution in [2.45, 2.75) is 6.92 Å². The van der Waals surface area contributed by atoms with Crippen LogP contribution in [-0.2, 0) is 0 Å². The number of nitrogens with one attached hydrogen (secondary N) is 3. The number of hydrogen-bond acceptors (Lipinski definition) is 6. The summed E-state index contributed by atoms with van der Waals surface area (Å²) in [4.78, 5) is 37.4. The minimum atomic E-state index is -0.902. The third kappa shape index (κ3) is 5.36. The fourth-order valence-corrected chi connectivity index (χ4v) is 3.06. The number of aromatic nitrogens is 3. The van der Waals surface area contributed by atoms with Crippen molar-refractivity contribution in [3.05, 3.63) is 102 Å². The van der Waals surface area contributed by atoms with Gasteiger partial charge in [0.05, 0.1) is 5.69 Å². The highest BCUT2D eigenvalue weighted by molar-refractivity contribution is 5.99. The number of rotatable bonds is 5. The second-order valence-electron chi connectivity index (χ2n) is 7.23. The number of aryl methyl sites for hydroxylation is 1. The molecule has 2 heterocycles. The molecule has 0 fully saturated rings. The maximum atomic E-state index is 13.3. The molecular formula is C24H18F2N6O2. The van der Waals surface area contributed by atoms with Crippen molar-refractivity contribution in [3.63, 3.8) is 0 Å². The second kappa shape index (κ2) is 9.82. The topological polar surface area (TPSA) is 109 Å². The summed E-state index contributed by atoms with van der Waals surface area (Å²) in [5, 5.41) is 3.09. The van der Waals surface area contributed by atoms with Gasteiger partial charge in [-0.15, -0.1) is 0 Å². The van der Waals surface area contributed by atoms with E-state index in [9.17, 15) is 18.4 Å². The smallest absolute Gasteiger partial charge is 0.269 e. The number of pyridine rings is 1. The molecule has 4 rings (SSSR count). The molecule has 8 nitrogen and oxygen atoms in total. The number of anilines is 2. The molecule has 3 N–H and O–H groups in total. The average Bonchev–Trinajstić information content (AvgIpc) is 2.84. The lowest BCUT2D eigenvalue weighted by Crippen LogP contribution is -2.41. The number of amides is 2. The van der Waals surface area contributed by atoms with Crippen LogP contribution in [-0.4, -0.2) is 26.8 Å². The van der Waals surface area contributed by atoms with Gasteiger partial charge in [-0.2, -0.15) is 0 Å². The lowest BCUT2D eigenvalue weighted by molar-refractivity contribution is 0.0846. The van der Waals surface area contributed by atoms with Crippen molar-refractivity contribution >= 4 is 23.5 Å². The molecule has 0 aliphatic heterocycles. The normalized spacial score (nSPS) is 10.4. The van der Waals surface area contributed by atoms with E-state index in [1.165, 1.54) is 0 Å². The van der Waals surface area contributed by atoms with E-state index < -0.39 is 23.4 Å². The van der Waals surface area contributed by atoms with Crippen LogP contribution in [0, 0.1) is 18.6 Å². The van der Waals surface area contributed by atoms with Gasteiger partial charge in [0.15, 0.2) is 0 Å². The van der Waals surface area contributed by atoms with E-state index in [4.69, 9.17) is 0 Å². The number of benzene rings is 2. The molecule has 4 aromatic rings. The van der Waals surface area contributed by atoms with Gasteiger partial charge in [0.25, 0.3) is 11.8 Å². The summed E-state index contributed by atoms with van der Waals surface area (Å²) in [6.07, 6.45) is 4.96. The zero-order valence-electron chi connectivity index (χ0n) is 17.8. The number of nitrogens with zero attached hydrogens (tertiary/aromatic N) is 3. The first-order chi connectivity index (χ1) is 16.4. The van der Waals surface area contributed by atoms with Crippen molar-refractivity contribution in [1.29, 1.82) is 0 Å². The largest absolute Gasteiger partial charge is 0.324 e. The Balaban J connectivity index is 1.47. The van der Waals surface area contributed by atoms with Gasteiger partial charge >= 0.3 is 0 Å². The minimum absolute atomic E-state index is 0.224. The van der Waals surface area contributed by atoms with E-state index in [0.29, 0.717) is 23.4 Å². The Hall–Kier alpha value is -4.73. The van der Waals surface area contributed by atoms with Crippen LogP contribution in [0.1, 0.15) is 26.3 Å². The van der Waals surface area contributed by atoms with E-state index in [-0.39, 0.29) is 11.1 Å². The van der Waals surface area contributed by atoms with Gasteiger partial charge in [0.2, 0.25) is 5.95 Å². The Labute approximate surface area is 193 Å². The van der Waals surface area contributed by atoms with Crippen molar-refractivity contribution in [3.8, 4) is 11.3 Å². The van der Waals surface area contributed by atoms with Crippen molar-refractivity contribution < 1.29 is 18.4 Å². The number of halogens is 2. The van der Waals surface area contributed by atoms with Crippen molar-refractivity contribution in [2.75, 3.05) is 5.32 Å². The third-order valence-corrected chi connectivity index (χ3v) is 4.77. The molecule has 2 amide bonds. The molecule has 0 atom stereocenters. The number of carbonyl (C=O) groups is 2. The lowest BCUT2D eigenvalue weighted by Gasteiger charge is -2.12. The Kier molecular flexibility index (Phi) is 6.49. The van der Waals surface area contributed by atoms with Gasteiger partial charge < -0.3 is 5.32 Å². The molecule has 0 aliphatic rings. The van der Waals surface area contributed by atoms with Gasteiger partial charge in [0.1, 0.15) is 11.6 Å². The maximum Gasteiger partial charge on any atom is 0.269 e. The molecule has 0 aliphatic carbocycles. The summed E-state index contributed by atoms with van der Waals surface area (Å²) in [7, 11) is 0. The molecule has 10 heteroatoms. The molecule has 2 aromatic carbocycles. The van der Waals surface area contributed by atoms with E-state index in [0.717, 1.165) is 23.3 Å². The van der Waals surface area contributed by atoms with Gasteiger partial charge in [0, 0.05) is 47.0 Å². The van der Waals surface area contributed by atoms with Crippen molar-refractivity contribution in [1.82, 2.24) is 25.8 Å². The SMILES string of the molecule is Cc1ccc(C(=O)NNC(=O)c2cc(F)cc(F)c2)cc1Nc1nccc(-c2cccnc2)n1. The highest BCUT2D eigenvalue weighted by atomic mass is 19.1. The first-order valence-electron chi connectivity index (χ1n) is 10.1. The Bertz CT molecular complexity index is 1340. The average molecular weight is 460 g/mol. The van der Waals surface area contributed by atoms with Crippen LogP contribution in [0.5, 0.6) is 0 Å². The summed E-state index contributed by atoms with van der Waals surface area (Å²) < 4.78 is 26.6. The molecule has 170 valence electrons. The summed E-state index contributed by atoms with van der Waals surface area (Å²) >= 11 is 0. The van der Waals surface area contributed by atoms with Crippen LogP contribution >= 0.6 is 0 Å². The lowest BCUT2D eigenvalue weighted by atomic mass is 10.1. The first kappa shape index (κ1) is 22.5. The van der Waals surface area contributed by atoms with Crippen LogP contribution < -0.4 is 16.2 Å².